The van der Waals surface area contributed by atoms with E-state index in [9.17, 15) is 4.79 Å². The highest BCUT2D eigenvalue weighted by atomic mass is 16.5. The zero-order valence-electron chi connectivity index (χ0n) is 10.9. The van der Waals surface area contributed by atoms with Crippen LogP contribution in [-0.2, 0) is 11.3 Å². The molecule has 1 amide bonds. The molecule has 1 atom stereocenters. The molecule has 1 aromatic heterocycles. The first-order valence-corrected chi connectivity index (χ1v) is 6.44. The first-order valence-electron chi connectivity index (χ1n) is 6.44. The number of nitrogens with two attached hydrogens (primary N) is 1. The van der Waals surface area contributed by atoms with Crippen LogP contribution in [0.4, 0.5) is 5.69 Å². The van der Waals surface area contributed by atoms with E-state index >= 15 is 0 Å². The normalized spacial score (nSPS) is 17.2. The monoisotopic (exact) mass is 269 g/mol. The van der Waals surface area contributed by atoms with Gasteiger partial charge in [-0.2, -0.15) is 0 Å². The Morgan fingerprint density at radius 1 is 1.30 bits per heavy atom. The maximum atomic E-state index is 11.4. The first kappa shape index (κ1) is 12.5. The molecule has 0 radical (unpaired) electrons. The molecular weight excluding hydrogens is 254 g/mol. The fraction of sp³-hybridized carbons (Fsp3) is 0.200. The SMILES string of the molecule is NC(=O)C1CN(Cc2ccccn2)c2ccccc2O1. The number of anilines is 1. The van der Waals surface area contributed by atoms with Crippen LogP contribution < -0.4 is 15.4 Å². The molecule has 1 aliphatic heterocycles. The summed E-state index contributed by atoms with van der Waals surface area (Å²) in [5.41, 5.74) is 7.27. The van der Waals surface area contributed by atoms with E-state index in [1.54, 1.807) is 6.20 Å². The van der Waals surface area contributed by atoms with Crippen LogP contribution in [-0.4, -0.2) is 23.5 Å². The number of carbonyl (C=O) groups is 1. The van der Waals surface area contributed by atoms with Crippen molar-refractivity contribution in [1.82, 2.24) is 4.98 Å². The van der Waals surface area contributed by atoms with Gasteiger partial charge in [0.15, 0.2) is 6.10 Å². The lowest BCUT2D eigenvalue weighted by atomic mass is 10.1. The maximum absolute atomic E-state index is 11.4. The summed E-state index contributed by atoms with van der Waals surface area (Å²) in [6.07, 6.45) is 1.13. The molecule has 2 aromatic rings. The fourth-order valence-electron chi connectivity index (χ4n) is 2.29. The Hall–Kier alpha value is -2.56. The van der Waals surface area contributed by atoms with E-state index in [1.165, 1.54) is 0 Å². The lowest BCUT2D eigenvalue weighted by Crippen LogP contribution is -2.47. The quantitative estimate of drug-likeness (QED) is 0.912. The summed E-state index contributed by atoms with van der Waals surface area (Å²) < 4.78 is 5.62. The molecule has 5 nitrogen and oxygen atoms in total. The molecule has 5 heteroatoms. The summed E-state index contributed by atoms with van der Waals surface area (Å²) in [6, 6.07) is 13.4. The van der Waals surface area contributed by atoms with Crippen molar-refractivity contribution in [3.8, 4) is 5.75 Å². The summed E-state index contributed by atoms with van der Waals surface area (Å²) in [5, 5.41) is 0. The van der Waals surface area contributed by atoms with Crippen molar-refractivity contribution in [3.05, 3.63) is 54.4 Å². The first-order chi connectivity index (χ1) is 9.74. The molecule has 1 aliphatic rings. The molecular formula is C15H15N3O2. The van der Waals surface area contributed by atoms with Crippen LogP contribution in [0.15, 0.2) is 48.7 Å². The van der Waals surface area contributed by atoms with Crippen LogP contribution in [0.1, 0.15) is 5.69 Å². The Bertz CT molecular complexity index is 616. The van der Waals surface area contributed by atoms with Crippen molar-refractivity contribution in [2.45, 2.75) is 12.6 Å². The van der Waals surface area contributed by atoms with E-state index in [1.807, 2.05) is 42.5 Å². The average molecular weight is 269 g/mol. The smallest absolute Gasteiger partial charge is 0.260 e. The van der Waals surface area contributed by atoms with Gasteiger partial charge >= 0.3 is 0 Å². The van der Waals surface area contributed by atoms with Gasteiger partial charge in [0.25, 0.3) is 5.91 Å². The summed E-state index contributed by atoms with van der Waals surface area (Å²) >= 11 is 0. The van der Waals surface area contributed by atoms with Crippen molar-refractivity contribution >= 4 is 11.6 Å². The number of fused-ring (bicyclic) bond motifs is 1. The van der Waals surface area contributed by atoms with Gasteiger partial charge in [0.05, 0.1) is 24.5 Å². The molecule has 1 aromatic carbocycles. The van der Waals surface area contributed by atoms with E-state index in [0.717, 1.165) is 11.4 Å². The number of aromatic nitrogens is 1. The molecule has 20 heavy (non-hydrogen) atoms. The Morgan fingerprint density at radius 3 is 2.85 bits per heavy atom. The fourth-order valence-corrected chi connectivity index (χ4v) is 2.29. The molecule has 0 aliphatic carbocycles. The molecule has 102 valence electrons. The number of amides is 1. The minimum absolute atomic E-state index is 0.433. The Balaban J connectivity index is 1.91. The number of carbonyl (C=O) groups excluding carboxylic acids is 1. The number of primary amides is 1. The lowest BCUT2D eigenvalue weighted by Gasteiger charge is -2.34. The van der Waals surface area contributed by atoms with Gasteiger partial charge in [-0.1, -0.05) is 18.2 Å². The second-order valence-electron chi connectivity index (χ2n) is 4.68. The number of benzene rings is 1. The highest BCUT2D eigenvalue weighted by molar-refractivity contribution is 5.81. The summed E-state index contributed by atoms with van der Waals surface area (Å²) in [5.74, 6) is 0.226. The predicted octanol–water partition coefficient (Wildman–Crippen LogP) is 1.33. The van der Waals surface area contributed by atoms with Crippen molar-refractivity contribution in [2.24, 2.45) is 5.73 Å². The molecule has 2 heterocycles. The van der Waals surface area contributed by atoms with Crippen LogP contribution in [0.5, 0.6) is 5.75 Å². The highest BCUT2D eigenvalue weighted by Crippen LogP contribution is 2.33. The third-order valence-electron chi connectivity index (χ3n) is 3.26. The standard InChI is InChI=1S/C15H15N3O2/c16-15(19)14-10-18(9-11-5-3-4-8-17-11)12-6-1-2-7-13(12)20-14/h1-8,14H,9-10H2,(H2,16,19). The number of nitrogens with zero attached hydrogens (tertiary/aromatic N) is 2. The van der Waals surface area contributed by atoms with Gasteiger partial charge in [0.1, 0.15) is 5.75 Å². The van der Waals surface area contributed by atoms with Gasteiger partial charge in [0.2, 0.25) is 0 Å². The molecule has 2 N–H and O–H groups in total. The van der Waals surface area contributed by atoms with Crippen molar-refractivity contribution in [3.63, 3.8) is 0 Å². The second-order valence-corrected chi connectivity index (χ2v) is 4.68. The summed E-state index contributed by atoms with van der Waals surface area (Å²) in [6.45, 7) is 1.05. The minimum atomic E-state index is -0.631. The van der Waals surface area contributed by atoms with E-state index in [0.29, 0.717) is 18.8 Å². The number of hydrogen-bond donors (Lipinski definition) is 1. The Morgan fingerprint density at radius 2 is 2.10 bits per heavy atom. The van der Waals surface area contributed by atoms with E-state index < -0.39 is 12.0 Å². The van der Waals surface area contributed by atoms with Gasteiger partial charge in [0, 0.05) is 6.20 Å². The highest BCUT2D eigenvalue weighted by Gasteiger charge is 2.29. The van der Waals surface area contributed by atoms with Gasteiger partial charge < -0.3 is 15.4 Å². The molecule has 3 rings (SSSR count). The molecule has 0 spiro atoms. The van der Waals surface area contributed by atoms with Crippen LogP contribution in [0.25, 0.3) is 0 Å². The zero-order chi connectivity index (χ0) is 13.9. The van der Waals surface area contributed by atoms with Crippen molar-refractivity contribution < 1.29 is 9.53 Å². The topological polar surface area (TPSA) is 68.5 Å². The third-order valence-corrected chi connectivity index (χ3v) is 3.26. The van der Waals surface area contributed by atoms with Gasteiger partial charge in [-0.15, -0.1) is 0 Å². The number of rotatable bonds is 3. The summed E-state index contributed by atoms with van der Waals surface area (Å²) in [4.78, 5) is 17.8. The Labute approximate surface area is 117 Å². The van der Waals surface area contributed by atoms with Gasteiger partial charge in [-0.05, 0) is 24.3 Å². The van der Waals surface area contributed by atoms with E-state index in [-0.39, 0.29) is 0 Å². The molecule has 1 unspecified atom stereocenters. The Kier molecular flexibility index (Phi) is 3.25. The van der Waals surface area contributed by atoms with Crippen molar-refractivity contribution in [2.75, 3.05) is 11.4 Å². The third kappa shape index (κ3) is 2.42. The zero-order valence-corrected chi connectivity index (χ0v) is 10.9. The summed E-state index contributed by atoms with van der Waals surface area (Å²) in [7, 11) is 0. The molecule has 0 fully saturated rings. The van der Waals surface area contributed by atoms with Gasteiger partial charge in [-0.25, -0.2) is 0 Å². The lowest BCUT2D eigenvalue weighted by molar-refractivity contribution is -0.124. The number of ether oxygens (including phenoxy) is 1. The molecule has 0 saturated heterocycles. The number of hydrogen-bond acceptors (Lipinski definition) is 4. The van der Waals surface area contributed by atoms with Crippen LogP contribution >= 0.6 is 0 Å². The average Bonchev–Trinajstić information content (AvgIpc) is 2.48. The maximum Gasteiger partial charge on any atom is 0.260 e. The van der Waals surface area contributed by atoms with Crippen LogP contribution in [0.3, 0.4) is 0 Å². The van der Waals surface area contributed by atoms with Crippen LogP contribution in [0.2, 0.25) is 0 Å². The largest absolute Gasteiger partial charge is 0.477 e. The predicted molar refractivity (Wildman–Crippen MR) is 75.3 cm³/mol. The number of pyridine rings is 1. The minimum Gasteiger partial charge on any atom is -0.477 e. The number of para-hydroxylation sites is 2. The second kappa shape index (κ2) is 5.21. The molecule has 0 bridgehead atoms. The van der Waals surface area contributed by atoms with E-state index in [4.69, 9.17) is 10.5 Å². The van der Waals surface area contributed by atoms with Gasteiger partial charge in [-0.3, -0.25) is 9.78 Å². The van der Waals surface area contributed by atoms with Crippen molar-refractivity contribution in [1.29, 1.82) is 0 Å². The van der Waals surface area contributed by atoms with Crippen LogP contribution in [0, 0.1) is 0 Å². The van der Waals surface area contributed by atoms with E-state index in [2.05, 4.69) is 9.88 Å². The molecule has 0 saturated carbocycles.